The van der Waals surface area contributed by atoms with Gasteiger partial charge in [-0.25, -0.2) is 0 Å². The van der Waals surface area contributed by atoms with Crippen LogP contribution in [-0.2, 0) is 9.53 Å². The zero-order valence-corrected chi connectivity index (χ0v) is 17.1. The molecule has 5 nitrogen and oxygen atoms in total. The number of benzene rings is 1. The molecule has 0 spiro atoms. The average Bonchev–Trinajstić information content (AvgIpc) is 3.19. The first-order valence-electron chi connectivity index (χ1n) is 11.0. The van der Waals surface area contributed by atoms with Crippen molar-refractivity contribution in [1.29, 1.82) is 0 Å². The minimum atomic E-state index is -0.185. The molecule has 3 atom stereocenters. The van der Waals surface area contributed by atoms with Crippen molar-refractivity contribution in [2.24, 2.45) is 11.3 Å². The SMILES string of the molecule is CC(NC1(CNC(=O)[C@@]23CCCC[C@H]2CNC3)CCOCC1)c1ccccc1. The summed E-state index contributed by atoms with van der Waals surface area (Å²) >= 11 is 0. The lowest BCUT2D eigenvalue weighted by Gasteiger charge is -2.42. The summed E-state index contributed by atoms with van der Waals surface area (Å²) in [7, 11) is 0. The van der Waals surface area contributed by atoms with E-state index in [-0.39, 0.29) is 22.9 Å². The summed E-state index contributed by atoms with van der Waals surface area (Å²) < 4.78 is 5.64. The lowest BCUT2D eigenvalue weighted by atomic mass is 9.67. The van der Waals surface area contributed by atoms with Crippen LogP contribution >= 0.6 is 0 Å². The molecule has 2 heterocycles. The van der Waals surface area contributed by atoms with Gasteiger partial charge in [0.1, 0.15) is 0 Å². The summed E-state index contributed by atoms with van der Waals surface area (Å²) in [6.07, 6.45) is 6.51. The molecule has 154 valence electrons. The highest BCUT2D eigenvalue weighted by molar-refractivity contribution is 5.84. The van der Waals surface area contributed by atoms with Crippen LogP contribution in [0.3, 0.4) is 0 Å². The Hall–Kier alpha value is -1.43. The monoisotopic (exact) mass is 385 g/mol. The molecule has 1 amide bonds. The molecule has 1 aromatic carbocycles. The molecule has 0 aromatic heterocycles. The highest BCUT2D eigenvalue weighted by Crippen LogP contribution is 2.44. The van der Waals surface area contributed by atoms with E-state index in [9.17, 15) is 4.79 Å². The molecule has 3 aliphatic rings. The van der Waals surface area contributed by atoms with Crippen molar-refractivity contribution in [2.45, 2.75) is 57.0 Å². The Morgan fingerprint density at radius 2 is 2.00 bits per heavy atom. The van der Waals surface area contributed by atoms with Gasteiger partial charge in [-0.1, -0.05) is 43.2 Å². The normalized spacial score (nSPS) is 30.4. The molecule has 3 N–H and O–H groups in total. The number of carbonyl (C=O) groups is 1. The maximum absolute atomic E-state index is 13.3. The Morgan fingerprint density at radius 3 is 2.79 bits per heavy atom. The van der Waals surface area contributed by atoms with Gasteiger partial charge in [-0.15, -0.1) is 0 Å². The Balaban J connectivity index is 1.44. The van der Waals surface area contributed by atoms with Crippen molar-refractivity contribution in [2.75, 3.05) is 32.8 Å². The van der Waals surface area contributed by atoms with Gasteiger partial charge in [0.2, 0.25) is 5.91 Å². The van der Waals surface area contributed by atoms with E-state index in [4.69, 9.17) is 4.74 Å². The molecule has 1 aromatic rings. The van der Waals surface area contributed by atoms with Crippen LogP contribution in [0.4, 0.5) is 0 Å². The van der Waals surface area contributed by atoms with Crippen LogP contribution in [0.2, 0.25) is 0 Å². The fraction of sp³-hybridized carbons (Fsp3) is 0.696. The third-order valence-corrected chi connectivity index (χ3v) is 7.35. The molecule has 28 heavy (non-hydrogen) atoms. The van der Waals surface area contributed by atoms with Crippen LogP contribution in [0.1, 0.15) is 57.1 Å². The zero-order valence-electron chi connectivity index (χ0n) is 17.1. The second-order valence-electron chi connectivity index (χ2n) is 9.08. The highest BCUT2D eigenvalue weighted by Gasteiger charge is 2.50. The first-order chi connectivity index (χ1) is 13.6. The lowest BCUT2D eigenvalue weighted by Crippen LogP contribution is -2.59. The van der Waals surface area contributed by atoms with Gasteiger partial charge < -0.3 is 20.7 Å². The van der Waals surface area contributed by atoms with Crippen LogP contribution in [-0.4, -0.2) is 44.3 Å². The van der Waals surface area contributed by atoms with E-state index in [2.05, 4.69) is 53.2 Å². The summed E-state index contributed by atoms with van der Waals surface area (Å²) in [6.45, 7) is 6.23. The minimum Gasteiger partial charge on any atom is -0.381 e. The van der Waals surface area contributed by atoms with Gasteiger partial charge in [0, 0.05) is 37.9 Å². The number of carbonyl (C=O) groups excluding carboxylic acids is 1. The molecule has 0 bridgehead atoms. The molecule has 1 aliphatic carbocycles. The predicted octanol–water partition coefficient (Wildman–Crippen LogP) is 2.78. The third kappa shape index (κ3) is 3.98. The molecular weight excluding hydrogens is 350 g/mol. The molecule has 2 saturated heterocycles. The average molecular weight is 386 g/mol. The van der Waals surface area contributed by atoms with Crippen molar-refractivity contribution in [1.82, 2.24) is 16.0 Å². The van der Waals surface area contributed by atoms with E-state index in [0.717, 1.165) is 45.6 Å². The van der Waals surface area contributed by atoms with Gasteiger partial charge in [-0.3, -0.25) is 4.79 Å². The molecule has 5 heteroatoms. The van der Waals surface area contributed by atoms with Gasteiger partial charge in [0.15, 0.2) is 0 Å². The summed E-state index contributed by atoms with van der Waals surface area (Å²) in [5.41, 5.74) is 0.997. The fourth-order valence-electron chi connectivity index (χ4n) is 5.53. The van der Waals surface area contributed by atoms with Gasteiger partial charge >= 0.3 is 0 Å². The minimum absolute atomic E-state index is 0.101. The molecular formula is C23H35N3O2. The second kappa shape index (κ2) is 8.52. The van der Waals surface area contributed by atoms with E-state index in [1.807, 2.05) is 0 Å². The molecule has 1 unspecified atom stereocenters. The number of hydrogen-bond donors (Lipinski definition) is 3. The number of nitrogens with one attached hydrogen (secondary N) is 3. The van der Waals surface area contributed by atoms with Gasteiger partial charge in [0.25, 0.3) is 0 Å². The summed E-state index contributed by atoms with van der Waals surface area (Å²) in [5, 5.41) is 10.7. The lowest BCUT2D eigenvalue weighted by molar-refractivity contribution is -0.134. The third-order valence-electron chi connectivity index (χ3n) is 7.35. The van der Waals surface area contributed by atoms with Gasteiger partial charge in [-0.2, -0.15) is 0 Å². The molecule has 0 radical (unpaired) electrons. The van der Waals surface area contributed by atoms with Gasteiger partial charge in [-0.05, 0) is 50.6 Å². The number of amides is 1. The molecule has 3 fully saturated rings. The Labute approximate surface area is 169 Å². The first kappa shape index (κ1) is 19.9. The quantitative estimate of drug-likeness (QED) is 0.705. The predicted molar refractivity (Wildman–Crippen MR) is 111 cm³/mol. The van der Waals surface area contributed by atoms with Crippen molar-refractivity contribution in [3.8, 4) is 0 Å². The standard InChI is InChI=1S/C23H35N3O2/c1-18(19-7-3-2-4-8-19)26-22(11-13-28-14-12-22)16-25-21(27)23-10-6-5-9-20(23)15-24-17-23/h2-4,7-8,18,20,24,26H,5-6,9-17H2,1H3,(H,25,27)/t18?,20-,23+/m0/s1. The summed E-state index contributed by atoms with van der Waals surface area (Å²) in [5.74, 6) is 0.769. The van der Waals surface area contributed by atoms with Crippen molar-refractivity contribution < 1.29 is 9.53 Å². The van der Waals surface area contributed by atoms with Crippen LogP contribution in [0.15, 0.2) is 30.3 Å². The topological polar surface area (TPSA) is 62.4 Å². The molecule has 1 saturated carbocycles. The molecule has 2 aliphatic heterocycles. The van der Waals surface area contributed by atoms with Crippen molar-refractivity contribution in [3.63, 3.8) is 0 Å². The molecule has 4 rings (SSSR count). The maximum Gasteiger partial charge on any atom is 0.227 e. The van der Waals surface area contributed by atoms with Crippen LogP contribution < -0.4 is 16.0 Å². The zero-order chi connectivity index (χ0) is 19.5. The largest absolute Gasteiger partial charge is 0.381 e. The number of rotatable bonds is 6. The van der Waals surface area contributed by atoms with Crippen LogP contribution in [0, 0.1) is 11.3 Å². The first-order valence-corrected chi connectivity index (χ1v) is 11.0. The second-order valence-corrected chi connectivity index (χ2v) is 9.08. The highest BCUT2D eigenvalue weighted by atomic mass is 16.5. The van der Waals surface area contributed by atoms with E-state index < -0.39 is 0 Å². The van der Waals surface area contributed by atoms with E-state index in [0.29, 0.717) is 12.5 Å². The fourth-order valence-corrected chi connectivity index (χ4v) is 5.53. The van der Waals surface area contributed by atoms with Crippen molar-refractivity contribution >= 4 is 5.91 Å². The summed E-state index contributed by atoms with van der Waals surface area (Å²) in [4.78, 5) is 13.3. The van der Waals surface area contributed by atoms with Crippen LogP contribution in [0.25, 0.3) is 0 Å². The smallest absolute Gasteiger partial charge is 0.227 e. The Kier molecular flexibility index (Phi) is 6.04. The number of fused-ring (bicyclic) bond motifs is 1. The number of ether oxygens (including phenoxy) is 1. The van der Waals surface area contributed by atoms with Gasteiger partial charge in [0.05, 0.1) is 5.41 Å². The Morgan fingerprint density at radius 1 is 1.21 bits per heavy atom. The number of hydrogen-bond acceptors (Lipinski definition) is 4. The van der Waals surface area contributed by atoms with E-state index in [1.165, 1.54) is 24.8 Å². The summed E-state index contributed by atoms with van der Waals surface area (Å²) in [6, 6.07) is 10.8. The Bertz CT molecular complexity index is 659. The van der Waals surface area contributed by atoms with E-state index >= 15 is 0 Å². The van der Waals surface area contributed by atoms with Crippen molar-refractivity contribution in [3.05, 3.63) is 35.9 Å². The van der Waals surface area contributed by atoms with E-state index in [1.54, 1.807) is 0 Å². The van der Waals surface area contributed by atoms with Crippen LogP contribution in [0.5, 0.6) is 0 Å². The maximum atomic E-state index is 13.3.